The number of rotatable bonds is 4. The molecule has 1 aliphatic heterocycles. The van der Waals surface area contributed by atoms with Crippen molar-refractivity contribution in [3.05, 3.63) is 39.6 Å². The zero-order valence-corrected chi connectivity index (χ0v) is 19.4. The van der Waals surface area contributed by atoms with E-state index in [1.807, 2.05) is 40.7 Å². The molecule has 1 aromatic carbocycles. The van der Waals surface area contributed by atoms with E-state index in [2.05, 4.69) is 9.69 Å². The van der Waals surface area contributed by atoms with Gasteiger partial charge in [0.2, 0.25) is 10.0 Å². The molecule has 0 aliphatic carbocycles. The van der Waals surface area contributed by atoms with E-state index in [-0.39, 0.29) is 19.0 Å². The molecule has 1 fully saturated rings. The summed E-state index contributed by atoms with van der Waals surface area (Å²) in [7, 11) is -1.85. The van der Waals surface area contributed by atoms with Gasteiger partial charge in [0.05, 0.1) is 16.2 Å². The maximum Gasteiger partial charge on any atom is 0.258 e. The molecule has 1 N–H and O–H groups in total. The quantitative estimate of drug-likeness (QED) is 0.797. The van der Waals surface area contributed by atoms with Crippen molar-refractivity contribution < 1.29 is 13.2 Å². The number of benzene rings is 1. The number of carbonyl (C=O) groups excluding carboxylic acids is 1. The molecule has 0 unspecified atom stereocenters. The fourth-order valence-electron chi connectivity index (χ4n) is 3.78. The lowest BCUT2D eigenvalue weighted by atomic mass is 10.0. The second-order valence-electron chi connectivity index (χ2n) is 7.51. The van der Waals surface area contributed by atoms with Gasteiger partial charge in [-0.05, 0) is 68.4 Å². The molecule has 3 rings (SSSR count). The maximum absolute atomic E-state index is 13.4. The van der Waals surface area contributed by atoms with Crippen molar-refractivity contribution in [3.63, 3.8) is 0 Å². The molecule has 7 nitrogen and oxygen atoms in total. The molecule has 0 saturated carbocycles. The first kappa shape index (κ1) is 21.7. The Balaban J connectivity index is 1.82. The Bertz CT molecular complexity index is 1030. The lowest BCUT2D eigenvalue weighted by Gasteiger charge is -2.35. The third kappa shape index (κ3) is 3.78. The van der Waals surface area contributed by atoms with E-state index >= 15 is 0 Å². The number of aryl methyl sites for hydroxylation is 3. The highest BCUT2D eigenvalue weighted by atomic mass is 32.2. The summed E-state index contributed by atoms with van der Waals surface area (Å²) < 4.78 is 32.6. The number of piperazine rings is 1. The van der Waals surface area contributed by atoms with Crippen molar-refractivity contribution in [1.29, 1.82) is 0 Å². The van der Waals surface area contributed by atoms with Crippen LogP contribution in [0.2, 0.25) is 0 Å². The molecule has 1 aromatic heterocycles. The van der Waals surface area contributed by atoms with Crippen molar-refractivity contribution in [2.75, 3.05) is 38.5 Å². The minimum absolute atomic E-state index is 0.101. The molecule has 29 heavy (non-hydrogen) atoms. The van der Waals surface area contributed by atoms with Crippen LogP contribution in [-0.4, -0.2) is 61.1 Å². The predicted molar refractivity (Wildman–Crippen MR) is 116 cm³/mol. The summed E-state index contributed by atoms with van der Waals surface area (Å²) in [5.41, 5.74) is 4.81. The molecule has 1 amide bonds. The minimum Gasteiger partial charge on any atom is -0.378 e. The van der Waals surface area contributed by atoms with Crippen LogP contribution in [0.15, 0.2) is 11.0 Å². The first-order valence-electron chi connectivity index (χ1n) is 9.60. The summed E-state index contributed by atoms with van der Waals surface area (Å²) in [5.74, 6) is -0.101. The number of carbonyl (C=O) groups is 1. The SMILES string of the molecule is CNc1snc(C)c1C(=O)N1CCN(S(=O)(=O)c2c(C)c(C)cc(C)c2C)CC1. The van der Waals surface area contributed by atoms with Gasteiger partial charge in [0, 0.05) is 33.2 Å². The van der Waals surface area contributed by atoms with Gasteiger partial charge in [-0.25, -0.2) is 8.42 Å². The van der Waals surface area contributed by atoms with Crippen molar-refractivity contribution in [1.82, 2.24) is 13.6 Å². The van der Waals surface area contributed by atoms with Crippen LogP contribution in [0.4, 0.5) is 5.00 Å². The molecule has 158 valence electrons. The van der Waals surface area contributed by atoms with Crippen molar-refractivity contribution >= 4 is 32.5 Å². The molecule has 9 heteroatoms. The molecule has 1 saturated heterocycles. The average molecular weight is 437 g/mol. The van der Waals surface area contributed by atoms with Crippen LogP contribution in [0.3, 0.4) is 0 Å². The van der Waals surface area contributed by atoms with Crippen LogP contribution in [0.5, 0.6) is 0 Å². The molecule has 0 spiro atoms. The van der Waals surface area contributed by atoms with Crippen LogP contribution in [0.1, 0.15) is 38.3 Å². The Morgan fingerprint density at radius 3 is 2.10 bits per heavy atom. The van der Waals surface area contributed by atoms with Gasteiger partial charge in [0.15, 0.2) is 0 Å². The highest BCUT2D eigenvalue weighted by Crippen LogP contribution is 2.30. The smallest absolute Gasteiger partial charge is 0.258 e. The summed E-state index contributed by atoms with van der Waals surface area (Å²) in [6.07, 6.45) is 0. The number of hydrogen-bond donors (Lipinski definition) is 1. The normalized spacial score (nSPS) is 15.6. The number of anilines is 1. The highest BCUT2D eigenvalue weighted by Gasteiger charge is 2.34. The fourth-order valence-corrected chi connectivity index (χ4v) is 6.51. The number of nitrogens with zero attached hydrogens (tertiary/aromatic N) is 3. The Hall–Kier alpha value is -1.97. The Kier molecular flexibility index (Phi) is 6.03. The molecule has 0 radical (unpaired) electrons. The van der Waals surface area contributed by atoms with E-state index in [1.165, 1.54) is 15.8 Å². The average Bonchev–Trinajstić information content (AvgIpc) is 3.06. The van der Waals surface area contributed by atoms with Gasteiger partial charge in [-0.15, -0.1) is 0 Å². The number of sulfonamides is 1. The van der Waals surface area contributed by atoms with E-state index in [0.717, 1.165) is 27.3 Å². The van der Waals surface area contributed by atoms with Gasteiger partial charge in [0.1, 0.15) is 5.00 Å². The van der Waals surface area contributed by atoms with E-state index < -0.39 is 10.0 Å². The summed E-state index contributed by atoms with van der Waals surface area (Å²) in [6, 6.07) is 2.02. The minimum atomic E-state index is -3.62. The summed E-state index contributed by atoms with van der Waals surface area (Å²) in [6.45, 7) is 10.7. The van der Waals surface area contributed by atoms with Gasteiger partial charge in [0.25, 0.3) is 5.91 Å². The van der Waals surface area contributed by atoms with Gasteiger partial charge in [-0.1, -0.05) is 6.07 Å². The largest absolute Gasteiger partial charge is 0.378 e. The monoisotopic (exact) mass is 436 g/mol. The van der Waals surface area contributed by atoms with Gasteiger partial charge in [-0.2, -0.15) is 8.68 Å². The lowest BCUT2D eigenvalue weighted by molar-refractivity contribution is 0.0698. The van der Waals surface area contributed by atoms with E-state index in [4.69, 9.17) is 0 Å². The molecular weight excluding hydrogens is 408 g/mol. The maximum atomic E-state index is 13.4. The zero-order chi connectivity index (χ0) is 21.5. The van der Waals surface area contributed by atoms with Crippen LogP contribution < -0.4 is 5.32 Å². The van der Waals surface area contributed by atoms with Gasteiger partial charge < -0.3 is 10.2 Å². The Morgan fingerprint density at radius 2 is 1.59 bits per heavy atom. The first-order valence-corrected chi connectivity index (χ1v) is 11.8. The van der Waals surface area contributed by atoms with Crippen LogP contribution in [0, 0.1) is 34.6 Å². The van der Waals surface area contributed by atoms with Crippen LogP contribution in [0.25, 0.3) is 0 Å². The number of aromatic nitrogens is 1. The lowest BCUT2D eigenvalue weighted by Crippen LogP contribution is -2.50. The van der Waals surface area contributed by atoms with Crippen LogP contribution >= 0.6 is 11.5 Å². The Labute approximate surface area is 176 Å². The predicted octanol–water partition coefficient (Wildman–Crippen LogP) is 2.87. The standard InChI is InChI=1S/C20H28N4O3S2/c1-12-11-13(2)15(4)18(14(12)3)29(26,27)24-9-7-23(8-10-24)20(25)17-16(5)22-28-19(17)21-6/h11,21H,7-10H2,1-6H3. The summed E-state index contributed by atoms with van der Waals surface area (Å²) in [4.78, 5) is 15.1. The van der Waals surface area contributed by atoms with E-state index in [9.17, 15) is 13.2 Å². The van der Waals surface area contributed by atoms with E-state index in [0.29, 0.717) is 29.2 Å². The van der Waals surface area contributed by atoms with Gasteiger partial charge >= 0.3 is 0 Å². The zero-order valence-electron chi connectivity index (χ0n) is 17.8. The molecular formula is C20H28N4O3S2. The molecule has 0 bridgehead atoms. The van der Waals surface area contributed by atoms with Crippen LogP contribution in [-0.2, 0) is 10.0 Å². The topological polar surface area (TPSA) is 82.6 Å². The fraction of sp³-hybridized carbons (Fsp3) is 0.500. The summed E-state index contributed by atoms with van der Waals surface area (Å²) in [5, 5.41) is 3.76. The summed E-state index contributed by atoms with van der Waals surface area (Å²) >= 11 is 1.26. The Morgan fingerprint density at radius 1 is 1.03 bits per heavy atom. The third-order valence-electron chi connectivity index (χ3n) is 5.72. The molecule has 0 atom stereocenters. The molecule has 1 aliphatic rings. The number of amides is 1. The van der Waals surface area contributed by atoms with Crippen molar-refractivity contribution in [2.24, 2.45) is 0 Å². The molecule has 2 aromatic rings. The second kappa shape index (κ2) is 8.04. The number of hydrogen-bond acceptors (Lipinski definition) is 6. The van der Waals surface area contributed by atoms with Gasteiger partial charge in [-0.3, -0.25) is 4.79 Å². The third-order valence-corrected chi connectivity index (χ3v) is 8.85. The molecule has 2 heterocycles. The number of nitrogens with one attached hydrogen (secondary N) is 1. The van der Waals surface area contributed by atoms with Crippen molar-refractivity contribution in [3.8, 4) is 0 Å². The first-order chi connectivity index (χ1) is 13.6. The van der Waals surface area contributed by atoms with Crippen molar-refractivity contribution in [2.45, 2.75) is 39.5 Å². The van der Waals surface area contributed by atoms with E-state index in [1.54, 1.807) is 11.9 Å². The highest BCUT2D eigenvalue weighted by molar-refractivity contribution is 7.89. The second-order valence-corrected chi connectivity index (χ2v) is 10.2.